The zero-order valence-electron chi connectivity index (χ0n) is 14.1. The maximum absolute atomic E-state index is 9.31. The molecule has 26 heavy (non-hydrogen) atoms. The molecule has 0 amide bonds. The van der Waals surface area contributed by atoms with E-state index < -0.39 is 0 Å². The van der Waals surface area contributed by atoms with Gasteiger partial charge in [-0.05, 0) is 23.8 Å². The van der Waals surface area contributed by atoms with Crippen LogP contribution in [0.25, 0.3) is 10.4 Å². The number of aromatic nitrogens is 3. The van der Waals surface area contributed by atoms with Gasteiger partial charge < -0.3 is 20.1 Å². The van der Waals surface area contributed by atoms with Gasteiger partial charge in [0.15, 0.2) is 5.13 Å². The van der Waals surface area contributed by atoms with Crippen LogP contribution in [-0.2, 0) is 4.74 Å². The van der Waals surface area contributed by atoms with Gasteiger partial charge in [-0.25, -0.2) is 9.97 Å². The highest BCUT2D eigenvalue weighted by molar-refractivity contribution is 7.18. The quantitative estimate of drug-likeness (QED) is 0.715. The second kappa shape index (κ2) is 7.77. The van der Waals surface area contributed by atoms with Crippen LogP contribution in [0.1, 0.15) is 0 Å². The molecule has 2 N–H and O–H groups in total. The lowest BCUT2D eigenvalue weighted by molar-refractivity contribution is 0.00357. The number of nitrogens with one attached hydrogen (secondary N) is 1. The molecule has 0 bridgehead atoms. The largest absolute Gasteiger partial charge is 0.394 e. The molecule has 3 aromatic heterocycles. The van der Waals surface area contributed by atoms with Crippen LogP contribution in [0.5, 0.6) is 0 Å². The Balaban J connectivity index is 1.48. The minimum Gasteiger partial charge on any atom is -0.394 e. The molecule has 4 heterocycles. The fraction of sp³-hybridized carbons (Fsp3) is 0.278. The average Bonchev–Trinajstić information content (AvgIpc) is 3.17. The first-order valence-corrected chi connectivity index (χ1v) is 9.20. The summed E-state index contributed by atoms with van der Waals surface area (Å²) in [4.78, 5) is 16.1. The Morgan fingerprint density at radius 1 is 1.23 bits per heavy atom. The van der Waals surface area contributed by atoms with Gasteiger partial charge in [0.1, 0.15) is 5.82 Å². The molecule has 0 aliphatic carbocycles. The molecular weight excluding hydrogens is 350 g/mol. The number of rotatable bonds is 5. The van der Waals surface area contributed by atoms with E-state index in [4.69, 9.17) is 4.74 Å². The molecule has 1 saturated heterocycles. The first kappa shape index (κ1) is 16.9. The third-order valence-electron chi connectivity index (χ3n) is 4.16. The van der Waals surface area contributed by atoms with Crippen molar-refractivity contribution in [3.63, 3.8) is 0 Å². The number of aliphatic hydroxyl groups is 1. The van der Waals surface area contributed by atoms with E-state index >= 15 is 0 Å². The Morgan fingerprint density at radius 3 is 2.96 bits per heavy atom. The maximum atomic E-state index is 9.31. The number of ether oxygens (including phenoxy) is 1. The molecular formula is C18H19N5O2S. The molecule has 0 spiro atoms. The van der Waals surface area contributed by atoms with Crippen LogP contribution < -0.4 is 10.2 Å². The highest BCUT2D eigenvalue weighted by atomic mass is 32.1. The molecule has 1 atom stereocenters. The Hall–Kier alpha value is -2.55. The number of anilines is 3. The lowest BCUT2D eigenvalue weighted by atomic mass is 10.2. The van der Waals surface area contributed by atoms with Crippen molar-refractivity contribution in [3.05, 3.63) is 49.1 Å². The highest BCUT2D eigenvalue weighted by Crippen LogP contribution is 2.30. The molecule has 0 radical (unpaired) electrons. The Morgan fingerprint density at radius 2 is 2.12 bits per heavy atom. The van der Waals surface area contributed by atoms with Crippen LogP contribution in [0, 0.1) is 0 Å². The van der Waals surface area contributed by atoms with Crippen LogP contribution >= 0.6 is 11.3 Å². The molecule has 8 heteroatoms. The summed E-state index contributed by atoms with van der Waals surface area (Å²) in [5.74, 6) is 0.741. The van der Waals surface area contributed by atoms with Crippen LogP contribution in [-0.4, -0.2) is 52.5 Å². The van der Waals surface area contributed by atoms with E-state index in [1.165, 1.54) is 0 Å². The molecule has 3 aromatic rings. The third kappa shape index (κ3) is 3.82. The van der Waals surface area contributed by atoms with Crippen molar-refractivity contribution in [1.29, 1.82) is 0 Å². The van der Waals surface area contributed by atoms with Crippen molar-refractivity contribution < 1.29 is 9.84 Å². The number of hydrogen-bond acceptors (Lipinski definition) is 8. The summed E-state index contributed by atoms with van der Waals surface area (Å²) < 4.78 is 5.51. The first-order chi connectivity index (χ1) is 12.8. The highest BCUT2D eigenvalue weighted by Gasteiger charge is 2.20. The van der Waals surface area contributed by atoms with Gasteiger partial charge in [-0.15, -0.1) is 0 Å². The van der Waals surface area contributed by atoms with Gasteiger partial charge in [-0.1, -0.05) is 11.3 Å². The van der Waals surface area contributed by atoms with Crippen LogP contribution in [0.3, 0.4) is 0 Å². The van der Waals surface area contributed by atoms with Crippen LogP contribution in [0.4, 0.5) is 16.6 Å². The van der Waals surface area contributed by atoms with Gasteiger partial charge in [0.05, 0.1) is 24.2 Å². The molecule has 0 saturated carbocycles. The van der Waals surface area contributed by atoms with Gasteiger partial charge >= 0.3 is 0 Å². The fourth-order valence-corrected chi connectivity index (χ4v) is 3.67. The second-order valence-corrected chi connectivity index (χ2v) is 6.94. The van der Waals surface area contributed by atoms with E-state index in [1.54, 1.807) is 29.9 Å². The standard InChI is InChI=1S/C18H19N5O2S/c24-12-15-11-23(7-8-25-15)14-3-6-20-17(9-14)22-18-21-10-16(26-18)13-1-4-19-5-2-13/h1-6,9-10,15,24H,7-8,11-12H2,(H,20,21,22). The monoisotopic (exact) mass is 369 g/mol. The van der Waals surface area contributed by atoms with Crippen molar-refractivity contribution in [2.24, 2.45) is 0 Å². The summed E-state index contributed by atoms with van der Waals surface area (Å²) >= 11 is 1.57. The molecule has 4 rings (SSSR count). The van der Waals surface area contributed by atoms with Crippen LogP contribution in [0.15, 0.2) is 49.1 Å². The van der Waals surface area contributed by atoms with E-state index in [9.17, 15) is 5.11 Å². The number of morpholine rings is 1. The molecule has 0 aromatic carbocycles. The Labute approximate surface area is 155 Å². The Kier molecular flexibility index (Phi) is 5.05. The summed E-state index contributed by atoms with van der Waals surface area (Å²) in [5.41, 5.74) is 2.14. The lowest BCUT2D eigenvalue weighted by Gasteiger charge is -2.33. The van der Waals surface area contributed by atoms with E-state index in [0.717, 1.165) is 33.6 Å². The average molecular weight is 369 g/mol. The summed E-state index contributed by atoms with van der Waals surface area (Å²) in [6.07, 6.45) is 7.03. The minimum atomic E-state index is -0.143. The van der Waals surface area contributed by atoms with Gasteiger partial charge in [-0.2, -0.15) is 0 Å². The SMILES string of the molecule is OCC1CN(c2ccnc(Nc3ncc(-c4ccncc4)s3)c2)CCO1. The Bertz CT molecular complexity index is 858. The topological polar surface area (TPSA) is 83.4 Å². The van der Waals surface area contributed by atoms with Crippen molar-refractivity contribution in [3.8, 4) is 10.4 Å². The van der Waals surface area contributed by atoms with Gasteiger partial charge in [0.2, 0.25) is 0 Å². The van der Waals surface area contributed by atoms with Crippen molar-refractivity contribution in [1.82, 2.24) is 15.0 Å². The molecule has 1 aliphatic heterocycles. The fourth-order valence-electron chi connectivity index (χ4n) is 2.84. The predicted octanol–water partition coefficient (Wildman–Crippen LogP) is 2.54. The van der Waals surface area contributed by atoms with Gasteiger partial charge in [0.25, 0.3) is 0 Å². The summed E-state index contributed by atoms with van der Waals surface area (Å²) in [7, 11) is 0. The van der Waals surface area contributed by atoms with Crippen LogP contribution in [0.2, 0.25) is 0 Å². The lowest BCUT2D eigenvalue weighted by Crippen LogP contribution is -2.44. The van der Waals surface area contributed by atoms with E-state index in [2.05, 4.69) is 25.2 Å². The molecule has 1 aliphatic rings. The van der Waals surface area contributed by atoms with E-state index in [1.807, 2.05) is 30.5 Å². The first-order valence-electron chi connectivity index (χ1n) is 8.38. The molecule has 1 unspecified atom stereocenters. The number of aliphatic hydroxyl groups excluding tert-OH is 1. The van der Waals surface area contributed by atoms with Crippen molar-refractivity contribution in [2.45, 2.75) is 6.10 Å². The summed E-state index contributed by atoms with van der Waals surface area (Å²) in [6.45, 7) is 2.11. The number of nitrogens with zero attached hydrogens (tertiary/aromatic N) is 4. The maximum Gasteiger partial charge on any atom is 0.188 e. The predicted molar refractivity (Wildman–Crippen MR) is 102 cm³/mol. The normalized spacial score (nSPS) is 17.3. The zero-order chi connectivity index (χ0) is 17.8. The minimum absolute atomic E-state index is 0.0313. The van der Waals surface area contributed by atoms with E-state index in [0.29, 0.717) is 13.2 Å². The molecule has 1 fully saturated rings. The van der Waals surface area contributed by atoms with E-state index in [-0.39, 0.29) is 12.7 Å². The zero-order valence-corrected chi connectivity index (χ0v) is 14.9. The molecule has 134 valence electrons. The van der Waals surface area contributed by atoms with Crippen molar-refractivity contribution >= 4 is 28.0 Å². The number of thiazole rings is 1. The summed E-state index contributed by atoms with van der Waals surface area (Å²) in [5, 5.41) is 13.4. The second-order valence-electron chi connectivity index (χ2n) is 5.91. The smallest absolute Gasteiger partial charge is 0.188 e. The summed E-state index contributed by atoms with van der Waals surface area (Å²) in [6, 6.07) is 7.89. The molecule has 7 nitrogen and oxygen atoms in total. The number of hydrogen-bond donors (Lipinski definition) is 2. The van der Waals surface area contributed by atoms with Gasteiger partial charge in [-0.3, -0.25) is 4.98 Å². The van der Waals surface area contributed by atoms with Crippen molar-refractivity contribution in [2.75, 3.05) is 36.5 Å². The third-order valence-corrected chi connectivity index (χ3v) is 5.12. The number of pyridine rings is 2. The van der Waals surface area contributed by atoms with Gasteiger partial charge in [0, 0.05) is 49.6 Å².